The molecule has 1 saturated heterocycles. The largest absolute Gasteiger partial charge is 0.493 e. The summed E-state index contributed by atoms with van der Waals surface area (Å²) in [7, 11) is 1.51. The van der Waals surface area contributed by atoms with Gasteiger partial charge in [0.25, 0.3) is 5.91 Å². The van der Waals surface area contributed by atoms with Gasteiger partial charge in [0.05, 0.1) is 24.8 Å². The van der Waals surface area contributed by atoms with Gasteiger partial charge in [-0.3, -0.25) is 9.69 Å². The molecule has 1 aliphatic rings. The number of nitrogens with zero attached hydrogens (tertiary/aromatic N) is 1. The molecule has 6 nitrogen and oxygen atoms in total. The predicted octanol–water partition coefficient (Wildman–Crippen LogP) is 4.88. The number of rotatable bonds is 6. The first-order valence-corrected chi connectivity index (χ1v) is 9.67. The van der Waals surface area contributed by atoms with Crippen LogP contribution in [0.25, 0.3) is 6.08 Å². The Morgan fingerprint density at radius 3 is 2.45 bits per heavy atom. The number of halogens is 2. The highest BCUT2D eigenvalue weighted by Crippen LogP contribution is 2.37. The summed E-state index contributed by atoms with van der Waals surface area (Å²) >= 11 is 12.2. The molecule has 0 unspecified atom stereocenters. The quantitative estimate of drug-likeness (QED) is 0.519. The smallest absolute Gasteiger partial charge is 0.329 e. The minimum Gasteiger partial charge on any atom is -0.493 e. The number of amides is 3. The SMILES string of the molecule is COc1cc(/C=C2\NC(=O)N(Cc3ccc(Cl)cc3)C2=O)cc(Cl)c1OC(C)C. The fraction of sp³-hybridized carbons (Fsp3) is 0.238. The maximum atomic E-state index is 12.7. The van der Waals surface area contributed by atoms with E-state index in [4.69, 9.17) is 32.7 Å². The third-order valence-electron chi connectivity index (χ3n) is 4.13. The van der Waals surface area contributed by atoms with Crippen molar-refractivity contribution in [2.24, 2.45) is 0 Å². The molecule has 0 spiro atoms. The molecule has 1 fully saturated rings. The number of ether oxygens (including phenoxy) is 2. The second-order valence-corrected chi connectivity index (χ2v) is 7.55. The molecule has 0 bridgehead atoms. The summed E-state index contributed by atoms with van der Waals surface area (Å²) in [6, 6.07) is 9.80. The van der Waals surface area contributed by atoms with E-state index in [1.165, 1.54) is 7.11 Å². The Morgan fingerprint density at radius 2 is 1.83 bits per heavy atom. The molecular weight excluding hydrogens is 415 g/mol. The number of nitrogens with one attached hydrogen (secondary N) is 1. The predicted molar refractivity (Wildman–Crippen MR) is 112 cm³/mol. The maximum Gasteiger partial charge on any atom is 0.329 e. The summed E-state index contributed by atoms with van der Waals surface area (Å²) in [6.45, 7) is 3.91. The fourth-order valence-corrected chi connectivity index (χ4v) is 3.22. The molecule has 8 heteroatoms. The summed E-state index contributed by atoms with van der Waals surface area (Å²) in [5.74, 6) is 0.438. The third-order valence-corrected chi connectivity index (χ3v) is 4.67. The molecule has 1 N–H and O–H groups in total. The Kier molecular flexibility index (Phi) is 6.35. The number of carbonyl (C=O) groups excluding carboxylic acids is 2. The summed E-state index contributed by atoms with van der Waals surface area (Å²) in [5.41, 5.74) is 1.54. The summed E-state index contributed by atoms with van der Waals surface area (Å²) < 4.78 is 11.0. The number of urea groups is 1. The minimum atomic E-state index is -0.492. The van der Waals surface area contributed by atoms with Gasteiger partial charge in [0.1, 0.15) is 5.70 Å². The fourth-order valence-electron chi connectivity index (χ4n) is 2.83. The highest BCUT2D eigenvalue weighted by atomic mass is 35.5. The van der Waals surface area contributed by atoms with Gasteiger partial charge in [-0.15, -0.1) is 0 Å². The molecule has 3 rings (SSSR count). The van der Waals surface area contributed by atoms with E-state index in [2.05, 4.69) is 5.32 Å². The third kappa shape index (κ3) is 4.83. The van der Waals surface area contributed by atoms with Crippen molar-refractivity contribution in [3.8, 4) is 11.5 Å². The minimum absolute atomic E-state index is 0.0808. The zero-order chi connectivity index (χ0) is 21.1. The van der Waals surface area contributed by atoms with Crippen LogP contribution in [0, 0.1) is 0 Å². The number of imide groups is 1. The first-order valence-electron chi connectivity index (χ1n) is 8.91. The highest BCUT2D eigenvalue weighted by Gasteiger charge is 2.33. The molecule has 2 aromatic rings. The number of benzene rings is 2. The van der Waals surface area contributed by atoms with Crippen molar-refractivity contribution in [3.63, 3.8) is 0 Å². The Hall–Kier alpha value is -2.70. The van der Waals surface area contributed by atoms with Gasteiger partial charge in [-0.25, -0.2) is 4.79 Å². The molecule has 0 radical (unpaired) electrons. The first-order chi connectivity index (χ1) is 13.8. The van der Waals surface area contributed by atoms with Gasteiger partial charge in [0, 0.05) is 5.02 Å². The van der Waals surface area contributed by atoms with Gasteiger partial charge >= 0.3 is 6.03 Å². The lowest BCUT2D eigenvalue weighted by molar-refractivity contribution is -0.123. The van der Waals surface area contributed by atoms with E-state index >= 15 is 0 Å². The summed E-state index contributed by atoms with van der Waals surface area (Å²) in [5, 5.41) is 3.53. The van der Waals surface area contributed by atoms with Gasteiger partial charge in [-0.2, -0.15) is 0 Å². The number of carbonyl (C=O) groups is 2. The molecular formula is C21H20Cl2N2O4. The summed E-state index contributed by atoms with van der Waals surface area (Å²) in [4.78, 5) is 26.1. The van der Waals surface area contributed by atoms with Crippen molar-refractivity contribution in [3.05, 3.63) is 63.3 Å². The van der Waals surface area contributed by atoms with Crippen LogP contribution in [0.5, 0.6) is 11.5 Å². The molecule has 0 aliphatic carbocycles. The topological polar surface area (TPSA) is 67.9 Å². The van der Waals surface area contributed by atoms with Gasteiger partial charge < -0.3 is 14.8 Å². The van der Waals surface area contributed by atoms with Crippen molar-refractivity contribution in [2.45, 2.75) is 26.5 Å². The van der Waals surface area contributed by atoms with E-state index in [1.54, 1.807) is 42.5 Å². The van der Waals surface area contributed by atoms with Crippen LogP contribution >= 0.6 is 23.2 Å². The monoisotopic (exact) mass is 434 g/mol. The van der Waals surface area contributed by atoms with E-state index < -0.39 is 11.9 Å². The molecule has 0 aromatic heterocycles. The van der Waals surface area contributed by atoms with E-state index in [9.17, 15) is 9.59 Å². The van der Waals surface area contributed by atoms with E-state index in [-0.39, 0.29) is 18.3 Å². The van der Waals surface area contributed by atoms with Crippen molar-refractivity contribution >= 4 is 41.2 Å². The first kappa shape index (κ1) is 21.0. The van der Waals surface area contributed by atoms with Gasteiger partial charge in [-0.05, 0) is 55.3 Å². The Balaban J connectivity index is 1.85. The molecule has 0 atom stereocenters. The molecule has 1 aliphatic heterocycles. The van der Waals surface area contributed by atoms with E-state index in [0.717, 1.165) is 10.5 Å². The molecule has 29 heavy (non-hydrogen) atoms. The van der Waals surface area contributed by atoms with Crippen LogP contribution in [-0.4, -0.2) is 30.1 Å². The van der Waals surface area contributed by atoms with Crippen LogP contribution in [0.2, 0.25) is 10.0 Å². The van der Waals surface area contributed by atoms with Crippen LogP contribution in [0.4, 0.5) is 4.79 Å². The van der Waals surface area contributed by atoms with Gasteiger partial charge in [0.15, 0.2) is 11.5 Å². The molecule has 1 heterocycles. The van der Waals surface area contributed by atoms with E-state index in [1.807, 2.05) is 13.8 Å². The highest BCUT2D eigenvalue weighted by molar-refractivity contribution is 6.32. The second kappa shape index (κ2) is 8.76. The van der Waals surface area contributed by atoms with Crippen LogP contribution in [0.3, 0.4) is 0 Å². The van der Waals surface area contributed by atoms with Crippen molar-refractivity contribution in [1.29, 1.82) is 0 Å². The number of methoxy groups -OCH3 is 1. The van der Waals surface area contributed by atoms with Crippen LogP contribution in [0.1, 0.15) is 25.0 Å². The zero-order valence-corrected chi connectivity index (χ0v) is 17.7. The van der Waals surface area contributed by atoms with Crippen LogP contribution in [-0.2, 0) is 11.3 Å². The lowest BCUT2D eigenvalue weighted by atomic mass is 10.1. The lowest BCUT2D eigenvalue weighted by Crippen LogP contribution is -2.30. The average Bonchev–Trinajstić information content (AvgIpc) is 2.92. The summed E-state index contributed by atoms with van der Waals surface area (Å²) in [6.07, 6.45) is 1.47. The van der Waals surface area contributed by atoms with Crippen LogP contribution in [0.15, 0.2) is 42.1 Å². The van der Waals surface area contributed by atoms with Crippen LogP contribution < -0.4 is 14.8 Å². The van der Waals surface area contributed by atoms with Crippen molar-refractivity contribution in [2.75, 3.05) is 7.11 Å². The number of hydrogen-bond donors (Lipinski definition) is 1. The standard InChI is InChI=1S/C21H20Cl2N2O4/c1-12(2)29-19-16(23)8-14(10-18(19)28-3)9-17-20(26)25(21(27)24-17)11-13-4-6-15(22)7-5-13/h4-10,12H,11H2,1-3H3,(H,24,27)/b17-9-. The number of hydrogen-bond acceptors (Lipinski definition) is 4. The van der Waals surface area contributed by atoms with Crippen molar-refractivity contribution < 1.29 is 19.1 Å². The van der Waals surface area contributed by atoms with E-state index in [0.29, 0.717) is 27.1 Å². The normalized spacial score (nSPS) is 15.2. The Bertz CT molecular complexity index is 971. The maximum absolute atomic E-state index is 12.7. The van der Waals surface area contributed by atoms with Crippen molar-refractivity contribution in [1.82, 2.24) is 10.2 Å². The Morgan fingerprint density at radius 1 is 1.14 bits per heavy atom. The van der Waals surface area contributed by atoms with Gasteiger partial charge in [0.2, 0.25) is 0 Å². The second-order valence-electron chi connectivity index (χ2n) is 6.71. The molecule has 0 saturated carbocycles. The molecule has 152 valence electrons. The zero-order valence-electron chi connectivity index (χ0n) is 16.2. The average molecular weight is 435 g/mol. The molecule has 2 aromatic carbocycles. The Labute approximate surface area is 179 Å². The lowest BCUT2D eigenvalue weighted by Gasteiger charge is -2.15. The van der Waals surface area contributed by atoms with Gasteiger partial charge in [-0.1, -0.05) is 35.3 Å². The molecule has 3 amide bonds.